The molecule has 94 valence electrons. The van der Waals surface area contributed by atoms with Crippen LogP contribution in [0.15, 0.2) is 48.6 Å². The van der Waals surface area contributed by atoms with Gasteiger partial charge in [-0.3, -0.25) is 4.79 Å². The topological polar surface area (TPSA) is 69.1 Å². The highest BCUT2D eigenvalue weighted by Crippen LogP contribution is 2.28. The van der Waals surface area contributed by atoms with E-state index in [9.17, 15) is 4.79 Å². The summed E-state index contributed by atoms with van der Waals surface area (Å²) >= 11 is 0. The third-order valence-corrected chi connectivity index (χ3v) is 2.53. The quantitative estimate of drug-likeness (QED) is 0.618. The van der Waals surface area contributed by atoms with E-state index in [1.807, 2.05) is 31.2 Å². The molecule has 0 radical (unpaired) electrons. The molecular weight excluding hydrogens is 224 g/mol. The lowest BCUT2D eigenvalue weighted by atomic mass is 10.1. The molecule has 2 rings (SSSR count). The first-order valence-electron chi connectivity index (χ1n) is 5.73. The van der Waals surface area contributed by atoms with Crippen LogP contribution in [-0.2, 0) is 0 Å². The number of rotatable bonds is 2. The molecule has 3 nitrogen and oxygen atoms in total. The maximum atomic E-state index is 11.6. The molecule has 0 aliphatic heterocycles. The fraction of sp³-hybridized carbons (Fsp3) is 0.133. The van der Waals surface area contributed by atoms with Crippen molar-refractivity contribution in [1.29, 1.82) is 0 Å². The molecule has 1 aromatic carbocycles. The van der Waals surface area contributed by atoms with E-state index >= 15 is 0 Å². The molecule has 0 atom stereocenters. The van der Waals surface area contributed by atoms with Crippen molar-refractivity contribution < 1.29 is 4.79 Å². The van der Waals surface area contributed by atoms with Gasteiger partial charge in [0.05, 0.1) is 5.56 Å². The van der Waals surface area contributed by atoms with Crippen LogP contribution < -0.4 is 11.5 Å². The van der Waals surface area contributed by atoms with Crippen LogP contribution in [0.25, 0.3) is 6.08 Å². The number of nitrogens with two attached hydrogens (primary N) is 2. The number of benzene rings is 1. The average Bonchev–Trinajstić information content (AvgIpc) is 2.69. The summed E-state index contributed by atoms with van der Waals surface area (Å²) in [5.41, 5.74) is 13.8. The predicted octanol–water partition coefficient (Wildman–Crippen LogP) is 2.56. The Balaban J connectivity index is 0.000000280. The number of nitrogen functional groups attached to an aromatic ring is 1. The largest absolute Gasteiger partial charge is 0.398 e. The zero-order valence-electron chi connectivity index (χ0n) is 10.5. The summed E-state index contributed by atoms with van der Waals surface area (Å²) in [4.78, 5) is 11.6. The van der Waals surface area contributed by atoms with E-state index in [1.54, 1.807) is 18.2 Å². The summed E-state index contributed by atoms with van der Waals surface area (Å²) in [6.07, 6.45) is 7.38. The van der Waals surface area contributed by atoms with Gasteiger partial charge in [0.1, 0.15) is 0 Å². The fourth-order valence-corrected chi connectivity index (χ4v) is 1.67. The summed E-state index contributed by atoms with van der Waals surface area (Å²) in [5, 5.41) is 0. The van der Waals surface area contributed by atoms with Crippen molar-refractivity contribution in [2.75, 3.05) is 12.3 Å². The highest BCUT2D eigenvalue weighted by atomic mass is 16.1. The first-order valence-corrected chi connectivity index (χ1v) is 5.73. The summed E-state index contributed by atoms with van der Waals surface area (Å²) in [5.74, 6) is -0.0319. The predicted molar refractivity (Wildman–Crippen MR) is 77.2 cm³/mol. The fourth-order valence-electron chi connectivity index (χ4n) is 1.67. The molecule has 0 unspecified atom stereocenters. The van der Waals surface area contributed by atoms with Gasteiger partial charge >= 0.3 is 0 Å². The van der Waals surface area contributed by atoms with E-state index in [0.29, 0.717) is 16.8 Å². The van der Waals surface area contributed by atoms with Crippen LogP contribution in [0, 0.1) is 0 Å². The molecule has 1 aromatic rings. The van der Waals surface area contributed by atoms with Gasteiger partial charge in [0.25, 0.3) is 0 Å². The number of hydrogen-bond acceptors (Lipinski definition) is 3. The van der Waals surface area contributed by atoms with Crippen LogP contribution in [0.5, 0.6) is 0 Å². The Morgan fingerprint density at radius 1 is 1.39 bits per heavy atom. The molecule has 1 aliphatic rings. The van der Waals surface area contributed by atoms with Gasteiger partial charge in [-0.15, -0.1) is 0 Å². The van der Waals surface area contributed by atoms with E-state index in [4.69, 9.17) is 11.5 Å². The highest BCUT2D eigenvalue weighted by molar-refractivity contribution is 6.20. The molecular formula is C15H18N2O. The number of fused-ring (bicyclic) bond motifs is 1. The first-order chi connectivity index (χ1) is 8.65. The van der Waals surface area contributed by atoms with Crippen LogP contribution in [0.3, 0.4) is 0 Å². The van der Waals surface area contributed by atoms with Gasteiger partial charge in [-0.05, 0) is 24.6 Å². The molecule has 0 fully saturated rings. The Kier molecular flexibility index (Phi) is 5.08. The molecule has 4 N–H and O–H groups in total. The Bertz CT molecular complexity index is 513. The average molecular weight is 242 g/mol. The maximum absolute atomic E-state index is 11.6. The summed E-state index contributed by atoms with van der Waals surface area (Å²) in [6, 6.07) is 5.42. The van der Waals surface area contributed by atoms with Crippen molar-refractivity contribution in [3.63, 3.8) is 0 Å². The van der Waals surface area contributed by atoms with Crippen LogP contribution in [0.2, 0.25) is 0 Å². The van der Waals surface area contributed by atoms with Gasteiger partial charge in [-0.2, -0.15) is 0 Å². The number of ketones is 1. The minimum atomic E-state index is -0.0319. The SMILES string of the molecule is C=C/C=C\C.NCC1=Cc2cccc(N)c2C1=O. The number of allylic oxidation sites excluding steroid dienone is 3. The Morgan fingerprint density at radius 2 is 2.11 bits per heavy atom. The van der Waals surface area contributed by atoms with Crippen LogP contribution in [0.1, 0.15) is 22.8 Å². The monoisotopic (exact) mass is 242 g/mol. The number of carbonyl (C=O) groups is 1. The van der Waals surface area contributed by atoms with Gasteiger partial charge < -0.3 is 11.5 Å². The molecule has 0 saturated heterocycles. The third kappa shape index (κ3) is 2.96. The molecule has 1 aliphatic carbocycles. The smallest absolute Gasteiger partial charge is 0.192 e. The summed E-state index contributed by atoms with van der Waals surface area (Å²) < 4.78 is 0. The van der Waals surface area contributed by atoms with E-state index < -0.39 is 0 Å². The van der Waals surface area contributed by atoms with Crippen LogP contribution >= 0.6 is 0 Å². The van der Waals surface area contributed by atoms with Crippen molar-refractivity contribution in [1.82, 2.24) is 0 Å². The minimum absolute atomic E-state index is 0.0319. The van der Waals surface area contributed by atoms with Gasteiger partial charge in [-0.25, -0.2) is 0 Å². The van der Waals surface area contributed by atoms with Crippen molar-refractivity contribution in [3.8, 4) is 0 Å². The van der Waals surface area contributed by atoms with Crippen LogP contribution in [0.4, 0.5) is 5.69 Å². The second kappa shape index (κ2) is 6.57. The van der Waals surface area contributed by atoms with Crippen molar-refractivity contribution >= 4 is 17.5 Å². The van der Waals surface area contributed by atoms with Crippen molar-refractivity contribution in [2.45, 2.75) is 6.92 Å². The lowest BCUT2D eigenvalue weighted by molar-refractivity contribution is 0.103. The molecule has 3 heteroatoms. The minimum Gasteiger partial charge on any atom is -0.398 e. The number of anilines is 1. The zero-order chi connectivity index (χ0) is 13.5. The molecule has 0 spiro atoms. The third-order valence-electron chi connectivity index (χ3n) is 2.53. The normalized spacial score (nSPS) is 12.8. The van der Waals surface area contributed by atoms with E-state index in [1.165, 1.54) is 0 Å². The second-order valence-electron chi connectivity index (χ2n) is 3.78. The Hall–Kier alpha value is -2.13. The van der Waals surface area contributed by atoms with Crippen molar-refractivity contribution in [2.24, 2.45) is 5.73 Å². The van der Waals surface area contributed by atoms with Gasteiger partial charge in [0.15, 0.2) is 5.78 Å². The molecule has 0 heterocycles. The lowest BCUT2D eigenvalue weighted by Gasteiger charge is -2.01. The lowest BCUT2D eigenvalue weighted by Crippen LogP contribution is -2.10. The van der Waals surface area contributed by atoms with Gasteiger partial charge in [-0.1, -0.05) is 36.9 Å². The maximum Gasteiger partial charge on any atom is 0.192 e. The van der Waals surface area contributed by atoms with E-state index in [0.717, 1.165) is 5.56 Å². The molecule has 18 heavy (non-hydrogen) atoms. The van der Waals surface area contributed by atoms with Crippen molar-refractivity contribution in [3.05, 3.63) is 59.7 Å². The molecule has 0 aromatic heterocycles. The molecule has 0 amide bonds. The number of carbonyl (C=O) groups excluding carboxylic acids is 1. The molecule has 0 bridgehead atoms. The van der Waals surface area contributed by atoms with Crippen LogP contribution in [-0.4, -0.2) is 12.3 Å². The Morgan fingerprint density at radius 3 is 2.56 bits per heavy atom. The van der Waals surface area contributed by atoms with Gasteiger partial charge in [0, 0.05) is 17.8 Å². The molecule has 0 saturated carbocycles. The van der Waals surface area contributed by atoms with Gasteiger partial charge in [0.2, 0.25) is 0 Å². The van der Waals surface area contributed by atoms with E-state index in [-0.39, 0.29) is 12.3 Å². The second-order valence-corrected chi connectivity index (χ2v) is 3.78. The number of Topliss-reactive ketones (excluding diaryl/α,β-unsaturated/α-hetero) is 1. The number of hydrogen-bond donors (Lipinski definition) is 2. The standard InChI is InChI=1S/C10H10N2O.C5H8/c11-5-7-4-6-2-1-3-8(12)9(6)10(7)13;1-3-5-4-2/h1-4H,5,11-12H2;3-5H,1H2,2H3/b;5-4-. The Labute approximate surface area is 107 Å². The highest BCUT2D eigenvalue weighted by Gasteiger charge is 2.22. The first kappa shape index (κ1) is 13.9. The van der Waals surface area contributed by atoms with E-state index in [2.05, 4.69) is 6.58 Å². The zero-order valence-corrected chi connectivity index (χ0v) is 10.5. The summed E-state index contributed by atoms with van der Waals surface area (Å²) in [6.45, 7) is 5.69. The summed E-state index contributed by atoms with van der Waals surface area (Å²) in [7, 11) is 0.